The molecule has 9 aromatic rings. The Morgan fingerprint density at radius 3 is 1.77 bits per heavy atom. The Bertz CT molecular complexity index is 3060. The molecule has 2 aromatic heterocycles. The van der Waals surface area contributed by atoms with Crippen LogP contribution in [0.4, 0.5) is 0 Å². The van der Waals surface area contributed by atoms with Gasteiger partial charge in [-0.15, -0.1) is 0 Å². The van der Waals surface area contributed by atoms with Crippen LogP contribution in [0.1, 0.15) is 48.8 Å². The third-order valence-corrected chi connectivity index (χ3v) is 12.2. The standard InChI is InChI=1S/C52H36N4O/c53-32-33-16-23-41-42-24-21-39(31-46(42)52(45(41)28-33)26-7-2-8-27-52)38-13-9-12-37(29-38)34-17-19-36(20-18-34)50-54-49(35-10-3-1-4-11-35)55-51(56-50)40-22-25-48-44(30-40)43-14-5-6-15-47(43)57-48/h1,3-6,9-25,28-31H,2,7-8,26-27H2. The quantitative estimate of drug-likeness (QED) is 0.176. The first-order chi connectivity index (χ1) is 28.1. The molecule has 2 aliphatic carbocycles. The van der Waals surface area contributed by atoms with Crippen molar-refractivity contribution in [1.82, 2.24) is 15.0 Å². The van der Waals surface area contributed by atoms with E-state index >= 15 is 0 Å². The van der Waals surface area contributed by atoms with Crippen LogP contribution in [0.25, 0.3) is 89.5 Å². The Kier molecular flexibility index (Phi) is 7.72. The molecule has 270 valence electrons. The zero-order chi connectivity index (χ0) is 37.9. The minimum atomic E-state index is -0.0190. The predicted molar refractivity (Wildman–Crippen MR) is 228 cm³/mol. The van der Waals surface area contributed by atoms with Gasteiger partial charge in [-0.2, -0.15) is 5.26 Å². The summed E-state index contributed by atoms with van der Waals surface area (Å²) >= 11 is 0. The molecule has 2 heterocycles. The summed E-state index contributed by atoms with van der Waals surface area (Å²) < 4.78 is 6.11. The van der Waals surface area contributed by atoms with Gasteiger partial charge in [0.25, 0.3) is 0 Å². The monoisotopic (exact) mass is 732 g/mol. The first-order valence-electron chi connectivity index (χ1n) is 19.8. The maximum Gasteiger partial charge on any atom is 0.164 e. The van der Waals surface area contributed by atoms with Crippen LogP contribution in [0.5, 0.6) is 0 Å². The van der Waals surface area contributed by atoms with Gasteiger partial charge in [0.05, 0.1) is 11.6 Å². The van der Waals surface area contributed by atoms with Crippen LogP contribution in [0, 0.1) is 11.3 Å². The summed E-state index contributed by atoms with van der Waals surface area (Å²) in [5.41, 5.74) is 15.2. The van der Waals surface area contributed by atoms with Crippen molar-refractivity contribution in [2.45, 2.75) is 37.5 Å². The molecule has 1 fully saturated rings. The normalized spacial score (nSPS) is 14.1. The Hall–Kier alpha value is -7.16. The van der Waals surface area contributed by atoms with Crippen molar-refractivity contribution in [3.8, 4) is 73.6 Å². The predicted octanol–water partition coefficient (Wildman–Crippen LogP) is 13.2. The van der Waals surface area contributed by atoms with Crippen molar-refractivity contribution in [3.05, 3.63) is 174 Å². The van der Waals surface area contributed by atoms with E-state index < -0.39 is 0 Å². The average molecular weight is 733 g/mol. The lowest BCUT2D eigenvalue weighted by Gasteiger charge is -2.36. The van der Waals surface area contributed by atoms with Crippen LogP contribution in [-0.4, -0.2) is 15.0 Å². The van der Waals surface area contributed by atoms with Gasteiger partial charge < -0.3 is 4.42 Å². The van der Waals surface area contributed by atoms with E-state index in [1.165, 1.54) is 52.6 Å². The fourth-order valence-corrected chi connectivity index (χ4v) is 9.34. The second-order valence-corrected chi connectivity index (χ2v) is 15.4. The fraction of sp³-hybridized carbons (Fsp3) is 0.115. The second kappa shape index (κ2) is 13.3. The van der Waals surface area contributed by atoms with E-state index in [4.69, 9.17) is 19.4 Å². The molecule has 1 saturated carbocycles. The average Bonchev–Trinajstić information content (AvgIpc) is 3.78. The maximum absolute atomic E-state index is 9.75. The Labute approximate surface area is 331 Å². The number of para-hydroxylation sites is 1. The van der Waals surface area contributed by atoms with Gasteiger partial charge in [-0.05, 0) is 106 Å². The minimum absolute atomic E-state index is 0.0190. The van der Waals surface area contributed by atoms with E-state index in [0.29, 0.717) is 17.5 Å². The van der Waals surface area contributed by atoms with E-state index in [-0.39, 0.29) is 5.41 Å². The lowest BCUT2D eigenvalue weighted by molar-refractivity contribution is 0.353. The molecule has 5 heteroatoms. The summed E-state index contributed by atoms with van der Waals surface area (Å²) in [7, 11) is 0. The maximum atomic E-state index is 9.75. The Morgan fingerprint density at radius 2 is 1.00 bits per heavy atom. The second-order valence-electron chi connectivity index (χ2n) is 15.4. The Morgan fingerprint density at radius 1 is 0.439 bits per heavy atom. The lowest BCUT2D eigenvalue weighted by atomic mass is 9.67. The van der Waals surface area contributed by atoms with Crippen LogP contribution >= 0.6 is 0 Å². The molecule has 2 aliphatic rings. The zero-order valence-corrected chi connectivity index (χ0v) is 31.2. The van der Waals surface area contributed by atoms with Gasteiger partial charge >= 0.3 is 0 Å². The highest BCUT2D eigenvalue weighted by molar-refractivity contribution is 6.06. The van der Waals surface area contributed by atoms with Gasteiger partial charge in [-0.3, -0.25) is 0 Å². The summed E-state index contributed by atoms with van der Waals surface area (Å²) in [5, 5.41) is 11.9. The molecule has 57 heavy (non-hydrogen) atoms. The van der Waals surface area contributed by atoms with Gasteiger partial charge in [0.15, 0.2) is 17.5 Å². The number of rotatable bonds is 5. The Balaban J connectivity index is 0.945. The molecule has 11 rings (SSSR count). The van der Waals surface area contributed by atoms with Gasteiger partial charge in [0.2, 0.25) is 0 Å². The summed E-state index contributed by atoms with van der Waals surface area (Å²) in [4.78, 5) is 15.0. The molecular formula is C52H36N4O. The third-order valence-electron chi connectivity index (χ3n) is 12.2. The topological polar surface area (TPSA) is 75.6 Å². The summed E-state index contributed by atoms with van der Waals surface area (Å²) in [6.45, 7) is 0. The van der Waals surface area contributed by atoms with E-state index in [2.05, 4.69) is 97.1 Å². The summed E-state index contributed by atoms with van der Waals surface area (Å²) in [6.07, 6.45) is 5.95. The molecule has 7 aromatic carbocycles. The number of hydrogen-bond acceptors (Lipinski definition) is 5. The number of benzene rings is 7. The smallest absolute Gasteiger partial charge is 0.164 e. The first kappa shape index (κ1) is 33.2. The van der Waals surface area contributed by atoms with E-state index in [9.17, 15) is 5.26 Å². The van der Waals surface area contributed by atoms with Crippen LogP contribution in [0.2, 0.25) is 0 Å². The summed E-state index contributed by atoms with van der Waals surface area (Å²) in [6, 6.07) is 57.4. The molecule has 0 atom stereocenters. The highest BCUT2D eigenvalue weighted by atomic mass is 16.3. The van der Waals surface area contributed by atoms with Crippen molar-refractivity contribution in [2.75, 3.05) is 0 Å². The molecule has 0 radical (unpaired) electrons. The number of nitriles is 1. The molecule has 1 spiro atoms. The van der Waals surface area contributed by atoms with Crippen LogP contribution in [0.3, 0.4) is 0 Å². The lowest BCUT2D eigenvalue weighted by Crippen LogP contribution is -2.28. The number of fused-ring (bicyclic) bond motifs is 8. The number of nitrogens with zero attached hydrogens (tertiary/aromatic N) is 4. The third kappa shape index (κ3) is 5.56. The van der Waals surface area contributed by atoms with Crippen molar-refractivity contribution in [2.24, 2.45) is 0 Å². The number of aromatic nitrogens is 3. The van der Waals surface area contributed by atoms with E-state index in [0.717, 1.165) is 68.2 Å². The highest BCUT2D eigenvalue weighted by Crippen LogP contribution is 2.56. The molecule has 0 aliphatic heterocycles. The van der Waals surface area contributed by atoms with Gasteiger partial charge in [0.1, 0.15) is 11.2 Å². The van der Waals surface area contributed by atoms with Gasteiger partial charge in [-0.25, -0.2) is 15.0 Å². The zero-order valence-electron chi connectivity index (χ0n) is 31.2. The van der Waals surface area contributed by atoms with Crippen LogP contribution in [-0.2, 0) is 5.41 Å². The molecule has 5 nitrogen and oxygen atoms in total. The molecule has 0 amide bonds. The number of hydrogen-bond donors (Lipinski definition) is 0. The summed E-state index contributed by atoms with van der Waals surface area (Å²) in [5.74, 6) is 1.86. The van der Waals surface area contributed by atoms with E-state index in [1.807, 2.05) is 66.7 Å². The molecule has 0 N–H and O–H groups in total. The van der Waals surface area contributed by atoms with Gasteiger partial charge in [0, 0.05) is 32.9 Å². The molecular weight excluding hydrogens is 697 g/mol. The van der Waals surface area contributed by atoms with Crippen molar-refractivity contribution < 1.29 is 4.42 Å². The molecule has 0 unspecified atom stereocenters. The van der Waals surface area contributed by atoms with Crippen molar-refractivity contribution in [1.29, 1.82) is 5.26 Å². The SMILES string of the molecule is N#Cc1ccc2c(c1)C1(CCCCC1)c1cc(-c3cccc(-c4ccc(-c5nc(-c6ccccc6)nc(-c6ccc7oc8ccccc8c7c6)n5)cc4)c3)ccc1-2. The minimum Gasteiger partial charge on any atom is -0.456 e. The van der Waals surface area contributed by atoms with E-state index in [1.54, 1.807) is 0 Å². The largest absolute Gasteiger partial charge is 0.456 e. The molecule has 0 bridgehead atoms. The molecule has 0 saturated heterocycles. The van der Waals surface area contributed by atoms with Crippen molar-refractivity contribution in [3.63, 3.8) is 0 Å². The van der Waals surface area contributed by atoms with Crippen molar-refractivity contribution >= 4 is 21.9 Å². The first-order valence-corrected chi connectivity index (χ1v) is 19.8. The van der Waals surface area contributed by atoms with Crippen LogP contribution in [0.15, 0.2) is 162 Å². The van der Waals surface area contributed by atoms with Gasteiger partial charge in [-0.1, -0.05) is 128 Å². The van der Waals surface area contributed by atoms with Crippen LogP contribution < -0.4 is 0 Å². The number of furan rings is 1. The highest BCUT2D eigenvalue weighted by Gasteiger charge is 2.44. The fourth-order valence-electron chi connectivity index (χ4n) is 9.34.